The molecule has 0 atom stereocenters. The van der Waals surface area contributed by atoms with Crippen molar-refractivity contribution in [3.63, 3.8) is 0 Å². The Kier molecular flexibility index (Phi) is 4.69. The molecule has 1 aromatic heterocycles. The van der Waals surface area contributed by atoms with Gasteiger partial charge in [0, 0.05) is 29.1 Å². The minimum Gasteiger partial charge on any atom is -0.493 e. The topological polar surface area (TPSA) is 51.5 Å². The quantitative estimate of drug-likeness (QED) is 0.856. The van der Waals surface area contributed by atoms with Crippen molar-refractivity contribution < 1.29 is 13.9 Å². The normalized spacial score (nSPS) is 11.2. The summed E-state index contributed by atoms with van der Waals surface area (Å²) in [6, 6.07) is 5.29. The van der Waals surface area contributed by atoms with Crippen LogP contribution in [-0.4, -0.2) is 19.6 Å². The van der Waals surface area contributed by atoms with E-state index in [4.69, 9.17) is 20.8 Å². The van der Waals surface area contributed by atoms with E-state index in [0.717, 1.165) is 11.8 Å². The van der Waals surface area contributed by atoms with Gasteiger partial charge < -0.3 is 14.5 Å². The van der Waals surface area contributed by atoms with Crippen LogP contribution in [0.15, 0.2) is 28.7 Å². The highest BCUT2D eigenvalue weighted by atomic mass is 35.5. The third-order valence-corrected chi connectivity index (χ3v) is 2.95. The fraction of sp³-hybridized carbons (Fsp3) is 0.267. The van der Waals surface area contributed by atoms with E-state index in [1.54, 1.807) is 25.3 Å². The second kappa shape index (κ2) is 6.48. The fourth-order valence-corrected chi connectivity index (χ4v) is 2.02. The third kappa shape index (κ3) is 3.33. The minimum atomic E-state index is -0.141. The van der Waals surface area contributed by atoms with Gasteiger partial charge in [0.25, 0.3) is 0 Å². The monoisotopic (exact) mass is 293 g/mol. The lowest BCUT2D eigenvalue weighted by atomic mass is 10.2. The second-order valence-electron chi connectivity index (χ2n) is 4.30. The molecule has 1 heterocycles. The van der Waals surface area contributed by atoms with E-state index >= 15 is 0 Å². The lowest BCUT2D eigenvalue weighted by Crippen LogP contribution is -2.21. The van der Waals surface area contributed by atoms with E-state index in [1.807, 2.05) is 13.0 Å². The van der Waals surface area contributed by atoms with E-state index in [9.17, 15) is 4.79 Å². The van der Waals surface area contributed by atoms with Gasteiger partial charge in [-0.15, -0.1) is 0 Å². The number of rotatable bonds is 5. The Balaban J connectivity index is 2.24. The predicted octanol–water partition coefficient (Wildman–Crippen LogP) is 3.63. The Labute approximate surface area is 122 Å². The summed E-state index contributed by atoms with van der Waals surface area (Å²) in [6.07, 6.45) is 3.97. The Morgan fingerprint density at radius 3 is 2.95 bits per heavy atom. The zero-order valence-corrected chi connectivity index (χ0v) is 12.2. The predicted molar refractivity (Wildman–Crippen MR) is 80.1 cm³/mol. The minimum absolute atomic E-state index is 0.141. The number of halogens is 1. The summed E-state index contributed by atoms with van der Waals surface area (Å²) in [5.41, 5.74) is 0.616. The molecule has 20 heavy (non-hydrogen) atoms. The van der Waals surface area contributed by atoms with Crippen LogP contribution in [0.2, 0.25) is 5.02 Å². The summed E-state index contributed by atoms with van der Waals surface area (Å²) in [5.74, 6) is 1.01. The molecule has 0 radical (unpaired) electrons. The van der Waals surface area contributed by atoms with Crippen molar-refractivity contribution in [3.8, 4) is 5.75 Å². The summed E-state index contributed by atoms with van der Waals surface area (Å²) in [6.45, 7) is 2.66. The first-order chi connectivity index (χ1) is 9.63. The molecule has 5 heteroatoms. The van der Waals surface area contributed by atoms with Gasteiger partial charge >= 0.3 is 0 Å². The molecule has 0 spiro atoms. The van der Waals surface area contributed by atoms with Gasteiger partial charge in [-0.3, -0.25) is 4.79 Å². The zero-order chi connectivity index (χ0) is 14.5. The highest BCUT2D eigenvalue weighted by Gasteiger charge is 2.09. The number of fused-ring (bicyclic) bond motifs is 1. The number of ether oxygens (including phenoxy) is 1. The standard InChI is InChI=1S/C15H16ClNO3/c1-3-6-17-14(18)5-4-12-8-10-7-11(16)9-13(19-2)15(10)20-12/h4-5,7-9H,3,6H2,1-2H3,(H,17,18). The number of furan rings is 1. The molecule has 0 aliphatic carbocycles. The molecular formula is C15H16ClNO3. The molecule has 4 nitrogen and oxygen atoms in total. The molecule has 0 saturated heterocycles. The highest BCUT2D eigenvalue weighted by Crippen LogP contribution is 2.32. The van der Waals surface area contributed by atoms with Crippen molar-refractivity contribution in [3.05, 3.63) is 35.1 Å². The smallest absolute Gasteiger partial charge is 0.244 e. The van der Waals surface area contributed by atoms with Gasteiger partial charge in [0.2, 0.25) is 5.91 Å². The van der Waals surface area contributed by atoms with Gasteiger partial charge in [0.15, 0.2) is 11.3 Å². The first-order valence-electron chi connectivity index (χ1n) is 6.37. The molecule has 1 aromatic carbocycles. The molecule has 2 rings (SSSR count). The average Bonchev–Trinajstić information content (AvgIpc) is 2.84. The third-order valence-electron chi connectivity index (χ3n) is 2.73. The van der Waals surface area contributed by atoms with Crippen LogP contribution in [0.4, 0.5) is 0 Å². The molecule has 0 bridgehead atoms. The highest BCUT2D eigenvalue weighted by molar-refractivity contribution is 6.31. The Hall–Kier alpha value is -1.94. The molecule has 106 valence electrons. The number of hydrogen-bond donors (Lipinski definition) is 1. The van der Waals surface area contributed by atoms with E-state index in [2.05, 4.69) is 5.32 Å². The van der Waals surface area contributed by atoms with Crippen molar-refractivity contribution in [1.82, 2.24) is 5.32 Å². The molecule has 1 N–H and O–H groups in total. The number of carbonyl (C=O) groups is 1. The molecule has 2 aromatic rings. The molecule has 1 amide bonds. The summed E-state index contributed by atoms with van der Waals surface area (Å²) >= 11 is 5.99. The lowest BCUT2D eigenvalue weighted by Gasteiger charge is -2.00. The van der Waals surface area contributed by atoms with Gasteiger partial charge in [-0.25, -0.2) is 0 Å². The molecule has 0 fully saturated rings. The Bertz CT molecular complexity index is 646. The first kappa shape index (κ1) is 14.5. The average molecular weight is 294 g/mol. The molecule has 0 unspecified atom stereocenters. The van der Waals surface area contributed by atoms with Gasteiger partial charge in [-0.2, -0.15) is 0 Å². The van der Waals surface area contributed by atoms with Gasteiger partial charge in [-0.1, -0.05) is 18.5 Å². The summed E-state index contributed by atoms with van der Waals surface area (Å²) in [4.78, 5) is 11.5. The van der Waals surface area contributed by atoms with Crippen molar-refractivity contribution in [2.75, 3.05) is 13.7 Å². The van der Waals surface area contributed by atoms with E-state index in [0.29, 0.717) is 28.7 Å². The lowest BCUT2D eigenvalue weighted by molar-refractivity contribution is -0.116. The number of hydrogen-bond acceptors (Lipinski definition) is 3. The van der Waals surface area contributed by atoms with E-state index in [1.165, 1.54) is 6.08 Å². The molecule has 0 saturated carbocycles. The maximum absolute atomic E-state index is 11.5. The number of methoxy groups -OCH3 is 1. The fourth-order valence-electron chi connectivity index (χ4n) is 1.80. The van der Waals surface area contributed by atoms with E-state index < -0.39 is 0 Å². The summed E-state index contributed by atoms with van der Waals surface area (Å²) < 4.78 is 10.9. The number of amides is 1. The maximum atomic E-state index is 11.5. The van der Waals surface area contributed by atoms with Crippen LogP contribution >= 0.6 is 11.6 Å². The van der Waals surface area contributed by atoms with Crippen LogP contribution < -0.4 is 10.1 Å². The van der Waals surface area contributed by atoms with Crippen LogP contribution in [0.1, 0.15) is 19.1 Å². The van der Waals surface area contributed by atoms with Gasteiger partial charge in [-0.05, 0) is 24.6 Å². The van der Waals surface area contributed by atoms with Crippen molar-refractivity contribution in [2.45, 2.75) is 13.3 Å². The van der Waals surface area contributed by atoms with Crippen molar-refractivity contribution in [2.24, 2.45) is 0 Å². The van der Waals surface area contributed by atoms with Crippen LogP contribution in [0, 0.1) is 0 Å². The first-order valence-corrected chi connectivity index (χ1v) is 6.75. The van der Waals surface area contributed by atoms with Crippen LogP contribution in [0.5, 0.6) is 5.75 Å². The van der Waals surface area contributed by atoms with Gasteiger partial charge in [0.05, 0.1) is 7.11 Å². The number of carbonyl (C=O) groups excluding carboxylic acids is 1. The Morgan fingerprint density at radius 1 is 1.45 bits per heavy atom. The SMILES string of the molecule is CCCNC(=O)C=Cc1cc2cc(Cl)cc(OC)c2o1. The van der Waals surface area contributed by atoms with Crippen LogP contribution in [0.3, 0.4) is 0 Å². The largest absolute Gasteiger partial charge is 0.493 e. The summed E-state index contributed by atoms with van der Waals surface area (Å²) in [5, 5.41) is 4.17. The Morgan fingerprint density at radius 2 is 2.25 bits per heavy atom. The molecule has 0 aliphatic rings. The van der Waals surface area contributed by atoms with E-state index in [-0.39, 0.29) is 5.91 Å². The second-order valence-corrected chi connectivity index (χ2v) is 4.74. The van der Waals surface area contributed by atoms with Crippen LogP contribution in [0.25, 0.3) is 17.0 Å². The number of benzene rings is 1. The maximum Gasteiger partial charge on any atom is 0.244 e. The van der Waals surface area contributed by atoms with Crippen molar-refractivity contribution in [1.29, 1.82) is 0 Å². The van der Waals surface area contributed by atoms with Crippen molar-refractivity contribution >= 4 is 34.6 Å². The summed E-state index contributed by atoms with van der Waals surface area (Å²) in [7, 11) is 1.56. The van der Waals surface area contributed by atoms with Gasteiger partial charge in [0.1, 0.15) is 5.76 Å². The molecule has 0 aliphatic heterocycles. The number of nitrogens with one attached hydrogen (secondary N) is 1. The van der Waals surface area contributed by atoms with Crippen LogP contribution in [-0.2, 0) is 4.79 Å². The zero-order valence-electron chi connectivity index (χ0n) is 11.4. The molecular weight excluding hydrogens is 278 g/mol.